The number of aliphatic imine (C=N–C) groups is 1. The molecule has 44 heavy (non-hydrogen) atoms. The Hall–Kier alpha value is -4.14. The lowest BCUT2D eigenvalue weighted by molar-refractivity contribution is -0.130. The molecule has 1 amide bonds. The van der Waals surface area contributed by atoms with Gasteiger partial charge in [-0.05, 0) is 66.3 Å². The first-order valence-electron chi connectivity index (χ1n) is 15.6. The number of nitrogens with one attached hydrogen (secondary N) is 2. The number of hydrazine groups is 1. The average Bonchev–Trinajstić information content (AvgIpc) is 3.47. The second-order valence-corrected chi connectivity index (χ2v) is 11.4. The Bertz CT molecular complexity index is 1400. The molecule has 232 valence electrons. The fourth-order valence-electron chi connectivity index (χ4n) is 5.83. The summed E-state index contributed by atoms with van der Waals surface area (Å²) in [4.78, 5) is 19.4. The second kappa shape index (κ2) is 15.5. The van der Waals surface area contributed by atoms with Gasteiger partial charge in [0.2, 0.25) is 5.90 Å². The molecule has 3 N–H and O–H groups in total. The summed E-state index contributed by atoms with van der Waals surface area (Å²) < 4.78 is 17.8. The van der Waals surface area contributed by atoms with Crippen molar-refractivity contribution in [3.05, 3.63) is 102 Å². The van der Waals surface area contributed by atoms with Crippen LogP contribution in [0.4, 0.5) is 0 Å². The van der Waals surface area contributed by atoms with Gasteiger partial charge in [-0.2, -0.15) is 0 Å². The number of ether oxygens (including phenoxy) is 3. The number of nitrogens with zero attached hydrogens (tertiary/aromatic N) is 1. The van der Waals surface area contributed by atoms with Crippen LogP contribution in [-0.2, 0) is 9.53 Å². The molecule has 3 aromatic carbocycles. The molecule has 1 heterocycles. The quantitative estimate of drug-likeness (QED) is 0.155. The van der Waals surface area contributed by atoms with Crippen LogP contribution < -0.4 is 20.3 Å². The van der Waals surface area contributed by atoms with E-state index in [1.54, 1.807) is 7.11 Å². The topological polar surface area (TPSA) is 101 Å². The summed E-state index contributed by atoms with van der Waals surface area (Å²) in [5, 5.41) is 9.06. The van der Waals surface area contributed by atoms with Crippen LogP contribution in [0, 0.1) is 5.92 Å². The minimum atomic E-state index is -1.29. The third-order valence-electron chi connectivity index (χ3n) is 8.28. The van der Waals surface area contributed by atoms with Crippen LogP contribution in [-0.4, -0.2) is 49.3 Å². The predicted octanol–water partition coefficient (Wildman–Crippen LogP) is 6.02. The van der Waals surface area contributed by atoms with Crippen molar-refractivity contribution in [1.82, 2.24) is 10.9 Å². The lowest BCUT2D eigenvalue weighted by Crippen LogP contribution is -2.53. The number of amides is 1. The maximum Gasteiger partial charge on any atom is 0.266 e. The van der Waals surface area contributed by atoms with Gasteiger partial charge in [-0.1, -0.05) is 73.9 Å². The summed E-state index contributed by atoms with van der Waals surface area (Å²) in [7, 11) is 1.62. The van der Waals surface area contributed by atoms with Gasteiger partial charge in [0.25, 0.3) is 5.91 Å². The second-order valence-electron chi connectivity index (χ2n) is 11.4. The SMILES string of the molecule is COc1cccc([C@@H]2OC(c3ccc(OCCCO)cc3)=N[C@]2(C/C=C/c2ccccc2)C(=O)NNCC2CCCCC2)c1. The number of carbonyl (C=O) groups is 1. The summed E-state index contributed by atoms with van der Waals surface area (Å²) in [5.41, 5.74) is 7.54. The van der Waals surface area contributed by atoms with Crippen molar-refractivity contribution in [2.75, 3.05) is 26.9 Å². The van der Waals surface area contributed by atoms with E-state index < -0.39 is 11.6 Å². The molecule has 0 radical (unpaired) electrons. The largest absolute Gasteiger partial charge is 0.497 e. The van der Waals surface area contributed by atoms with E-state index in [2.05, 4.69) is 10.9 Å². The zero-order chi connectivity index (χ0) is 30.6. The predicted molar refractivity (Wildman–Crippen MR) is 173 cm³/mol. The molecule has 3 aromatic rings. The maximum absolute atomic E-state index is 14.3. The lowest BCUT2D eigenvalue weighted by Gasteiger charge is -2.30. The zero-order valence-corrected chi connectivity index (χ0v) is 25.4. The average molecular weight is 598 g/mol. The first-order valence-corrected chi connectivity index (χ1v) is 15.6. The third-order valence-corrected chi connectivity index (χ3v) is 8.28. The summed E-state index contributed by atoms with van der Waals surface area (Å²) in [5.74, 6) is 2.04. The molecule has 0 unspecified atom stereocenters. The molecule has 1 aliphatic carbocycles. The number of aliphatic hydroxyl groups excluding tert-OH is 1. The molecule has 1 saturated carbocycles. The molecule has 1 fully saturated rings. The molecule has 0 bridgehead atoms. The molecular weight excluding hydrogens is 554 g/mol. The summed E-state index contributed by atoms with van der Waals surface area (Å²) in [6, 6.07) is 25.1. The van der Waals surface area contributed by atoms with E-state index in [1.807, 2.05) is 91.0 Å². The van der Waals surface area contributed by atoms with Gasteiger partial charge >= 0.3 is 0 Å². The van der Waals surface area contributed by atoms with E-state index in [0.29, 0.717) is 42.8 Å². The number of methoxy groups -OCH3 is 1. The highest BCUT2D eigenvalue weighted by molar-refractivity contribution is 6.01. The van der Waals surface area contributed by atoms with Gasteiger partial charge in [0.05, 0.1) is 13.7 Å². The van der Waals surface area contributed by atoms with Crippen molar-refractivity contribution in [3.63, 3.8) is 0 Å². The van der Waals surface area contributed by atoms with Gasteiger partial charge in [0.15, 0.2) is 11.6 Å². The molecule has 8 heteroatoms. The van der Waals surface area contributed by atoms with Crippen LogP contribution in [0.15, 0.2) is 89.9 Å². The van der Waals surface area contributed by atoms with Crippen LogP contribution >= 0.6 is 0 Å². The van der Waals surface area contributed by atoms with E-state index in [-0.39, 0.29) is 12.5 Å². The fraction of sp³-hybridized carbons (Fsp3) is 0.389. The van der Waals surface area contributed by atoms with Crippen molar-refractivity contribution < 1.29 is 24.1 Å². The zero-order valence-electron chi connectivity index (χ0n) is 25.4. The molecule has 1 aliphatic heterocycles. The van der Waals surface area contributed by atoms with Gasteiger partial charge in [-0.3, -0.25) is 10.2 Å². The van der Waals surface area contributed by atoms with Gasteiger partial charge < -0.3 is 19.3 Å². The number of carbonyl (C=O) groups excluding carboxylic acids is 1. The number of aliphatic hydroxyl groups is 1. The van der Waals surface area contributed by atoms with E-state index >= 15 is 0 Å². The molecular formula is C36H43N3O5. The van der Waals surface area contributed by atoms with Crippen molar-refractivity contribution in [1.29, 1.82) is 0 Å². The van der Waals surface area contributed by atoms with Gasteiger partial charge in [0, 0.05) is 31.6 Å². The molecule has 2 atom stereocenters. The fourth-order valence-corrected chi connectivity index (χ4v) is 5.83. The van der Waals surface area contributed by atoms with Crippen LogP contribution in [0.3, 0.4) is 0 Å². The summed E-state index contributed by atoms with van der Waals surface area (Å²) >= 11 is 0. The van der Waals surface area contributed by atoms with E-state index in [1.165, 1.54) is 32.1 Å². The molecule has 0 aromatic heterocycles. The molecule has 8 nitrogen and oxygen atoms in total. The number of hydrogen-bond acceptors (Lipinski definition) is 7. The smallest absolute Gasteiger partial charge is 0.266 e. The Morgan fingerprint density at radius 1 is 1.02 bits per heavy atom. The van der Waals surface area contributed by atoms with Crippen LogP contribution in [0.5, 0.6) is 11.5 Å². The normalized spacial score (nSPS) is 20.2. The minimum absolute atomic E-state index is 0.0762. The highest BCUT2D eigenvalue weighted by Crippen LogP contribution is 2.43. The monoisotopic (exact) mass is 597 g/mol. The maximum atomic E-state index is 14.3. The van der Waals surface area contributed by atoms with Crippen molar-refractivity contribution in [2.24, 2.45) is 10.9 Å². The Balaban J connectivity index is 1.48. The minimum Gasteiger partial charge on any atom is -0.497 e. The number of hydrogen-bond donors (Lipinski definition) is 3. The molecule has 0 spiro atoms. The van der Waals surface area contributed by atoms with Crippen LogP contribution in [0.25, 0.3) is 6.08 Å². The number of rotatable bonds is 14. The lowest BCUT2D eigenvalue weighted by atomic mass is 9.84. The Labute approximate surface area is 260 Å². The van der Waals surface area contributed by atoms with Gasteiger partial charge in [-0.15, -0.1) is 0 Å². The standard InChI is InChI=1S/C36H43N3O5/c1-42-32-17-8-16-30(25-32)33-36(22-9-15-27-11-4-2-5-12-27,35(41)39-37-26-28-13-6-3-7-14-28)38-34(44-33)29-18-20-31(21-19-29)43-24-10-23-40/h2,4-5,8-9,11-12,15-21,25,28,33,37,40H,3,6-7,10,13-14,22-24,26H2,1H3,(H,39,41)/b15-9+/t33-,36-/m0/s1. The highest BCUT2D eigenvalue weighted by atomic mass is 16.5. The van der Waals surface area contributed by atoms with Crippen LogP contribution in [0.2, 0.25) is 0 Å². The molecule has 2 aliphatic rings. The summed E-state index contributed by atoms with van der Waals surface area (Å²) in [6.45, 7) is 1.23. The van der Waals surface area contributed by atoms with Gasteiger partial charge in [-0.25, -0.2) is 10.4 Å². The summed E-state index contributed by atoms with van der Waals surface area (Å²) in [6.07, 6.45) is 10.3. The van der Waals surface area contributed by atoms with E-state index in [4.69, 9.17) is 24.3 Å². The van der Waals surface area contributed by atoms with Crippen molar-refractivity contribution in [3.8, 4) is 11.5 Å². The van der Waals surface area contributed by atoms with Crippen molar-refractivity contribution in [2.45, 2.75) is 56.6 Å². The van der Waals surface area contributed by atoms with E-state index in [9.17, 15) is 4.79 Å². The molecule has 0 saturated heterocycles. The van der Waals surface area contributed by atoms with Crippen molar-refractivity contribution >= 4 is 17.9 Å². The Morgan fingerprint density at radius 3 is 2.57 bits per heavy atom. The Kier molecular flexibility index (Phi) is 11.1. The van der Waals surface area contributed by atoms with Gasteiger partial charge in [0.1, 0.15) is 11.5 Å². The third kappa shape index (κ3) is 7.87. The Morgan fingerprint density at radius 2 is 1.82 bits per heavy atom. The molecule has 5 rings (SSSR count). The highest BCUT2D eigenvalue weighted by Gasteiger charge is 2.52. The van der Waals surface area contributed by atoms with Crippen LogP contribution in [0.1, 0.15) is 67.7 Å². The number of benzene rings is 3. The van der Waals surface area contributed by atoms with E-state index in [0.717, 1.165) is 23.2 Å². The first kappa shape index (κ1) is 31.3. The first-order chi connectivity index (χ1) is 21.6.